The minimum absolute atomic E-state index is 0. The molecule has 9 nitrogen and oxygen atoms in total. The number of azo groups is 1. The Bertz CT molecular complexity index is 1730. The maximum atomic E-state index is 13.5. The van der Waals surface area contributed by atoms with Gasteiger partial charge in [-0.15, -0.1) is 5.11 Å². The van der Waals surface area contributed by atoms with Gasteiger partial charge in [-0.1, -0.05) is 66.2 Å². The van der Waals surface area contributed by atoms with Gasteiger partial charge in [0, 0.05) is 22.7 Å². The van der Waals surface area contributed by atoms with Crippen molar-refractivity contribution in [2.75, 3.05) is 11.9 Å². The molecule has 0 atom stereocenters. The average molecular weight is 610 g/mol. The van der Waals surface area contributed by atoms with Crippen LogP contribution in [0.25, 0.3) is 10.8 Å². The minimum Gasteiger partial charge on any atom is -0.870 e. The van der Waals surface area contributed by atoms with Gasteiger partial charge in [0.15, 0.2) is 0 Å². The molecule has 0 aliphatic rings. The number of benzene rings is 4. The third-order valence-corrected chi connectivity index (χ3v) is 7.43. The average Bonchev–Trinajstić information content (AvgIpc) is 2.89. The van der Waals surface area contributed by atoms with E-state index < -0.39 is 26.7 Å². The SMILES string of the molecule is CCOc1cc(NC(=O)c2cc3ccccc3c(N=Nc3c(CC)ccc(Cl)c3S(=O)(=O)O)c2[O-])ccc1Cl.[Na+]. The summed E-state index contributed by atoms with van der Waals surface area (Å²) in [6.07, 6.45) is 0.340. The molecular formula is C27H22Cl2N3NaO6S. The second-order valence-electron chi connectivity index (χ2n) is 8.27. The normalized spacial score (nSPS) is 11.4. The largest absolute Gasteiger partial charge is 1.00 e. The molecular weight excluding hydrogens is 588 g/mol. The van der Waals surface area contributed by atoms with Gasteiger partial charge >= 0.3 is 29.6 Å². The van der Waals surface area contributed by atoms with Crippen molar-refractivity contribution in [3.8, 4) is 11.5 Å². The Morgan fingerprint density at radius 3 is 2.35 bits per heavy atom. The van der Waals surface area contributed by atoms with Crippen LogP contribution in [0.2, 0.25) is 10.0 Å². The standard InChI is InChI=1S/C27H23Cl2N3O6S.Na/c1-3-15-9-11-21(29)26(39(35,36)37)23(15)31-32-24-18-8-6-5-7-16(18)13-19(25(24)33)27(34)30-17-10-12-20(28)22(14-17)38-4-2;/h5-14,33H,3-4H2,1-2H3,(H,30,34)(H,35,36,37);/q;+1/p-1. The van der Waals surface area contributed by atoms with Crippen molar-refractivity contribution in [3.05, 3.63) is 81.8 Å². The summed E-state index contributed by atoms with van der Waals surface area (Å²) in [5.74, 6) is -1.07. The number of hydrogen-bond acceptors (Lipinski definition) is 7. The maximum absolute atomic E-state index is 13.5. The van der Waals surface area contributed by atoms with E-state index in [-0.39, 0.29) is 51.5 Å². The Labute approximate surface area is 263 Å². The summed E-state index contributed by atoms with van der Waals surface area (Å²) in [5.41, 5.74) is 0.178. The number of nitrogens with zero attached hydrogens (tertiary/aromatic N) is 2. The Hall–Kier alpha value is -2.70. The topological polar surface area (TPSA) is 140 Å². The fraction of sp³-hybridized carbons (Fsp3) is 0.148. The van der Waals surface area contributed by atoms with Crippen molar-refractivity contribution >= 4 is 67.1 Å². The zero-order chi connectivity index (χ0) is 28.3. The number of ether oxygens (including phenoxy) is 1. The van der Waals surface area contributed by atoms with Crippen LogP contribution in [-0.2, 0) is 16.5 Å². The monoisotopic (exact) mass is 609 g/mol. The summed E-state index contributed by atoms with van der Waals surface area (Å²) < 4.78 is 39.4. The molecule has 0 saturated heterocycles. The second-order valence-corrected chi connectivity index (χ2v) is 10.4. The van der Waals surface area contributed by atoms with Gasteiger partial charge in [-0.3, -0.25) is 9.35 Å². The molecule has 0 aromatic heterocycles. The number of amides is 1. The summed E-state index contributed by atoms with van der Waals surface area (Å²) in [4.78, 5) is 12.6. The summed E-state index contributed by atoms with van der Waals surface area (Å²) in [6, 6.07) is 15.7. The summed E-state index contributed by atoms with van der Waals surface area (Å²) in [5, 5.41) is 25.3. The van der Waals surface area contributed by atoms with Crippen LogP contribution < -0.4 is 44.7 Å². The Kier molecular flexibility index (Phi) is 10.6. The number of hydrogen-bond donors (Lipinski definition) is 2. The fourth-order valence-corrected chi connectivity index (χ4v) is 5.30. The van der Waals surface area contributed by atoms with Gasteiger partial charge in [-0.25, -0.2) is 0 Å². The van der Waals surface area contributed by atoms with E-state index in [2.05, 4.69) is 15.5 Å². The third-order valence-electron chi connectivity index (χ3n) is 5.76. The van der Waals surface area contributed by atoms with Crippen molar-refractivity contribution in [1.29, 1.82) is 0 Å². The van der Waals surface area contributed by atoms with E-state index in [1.807, 2.05) is 0 Å². The molecule has 0 aliphatic heterocycles. The fourth-order valence-electron chi connectivity index (χ4n) is 3.95. The van der Waals surface area contributed by atoms with Crippen molar-refractivity contribution < 1.29 is 57.2 Å². The molecule has 13 heteroatoms. The van der Waals surface area contributed by atoms with E-state index in [0.717, 1.165) is 0 Å². The van der Waals surface area contributed by atoms with E-state index >= 15 is 0 Å². The molecule has 1 amide bonds. The predicted octanol–water partition coefficient (Wildman–Crippen LogP) is 4.10. The first-order valence-corrected chi connectivity index (χ1v) is 13.9. The first-order valence-electron chi connectivity index (χ1n) is 11.7. The van der Waals surface area contributed by atoms with Gasteiger partial charge in [-0.2, -0.15) is 13.5 Å². The molecule has 4 aromatic rings. The first-order chi connectivity index (χ1) is 18.5. The minimum atomic E-state index is -4.77. The number of halogens is 2. The molecule has 0 aliphatic carbocycles. The number of anilines is 1. The van der Waals surface area contributed by atoms with Crippen molar-refractivity contribution in [2.45, 2.75) is 25.2 Å². The van der Waals surface area contributed by atoms with Crippen molar-refractivity contribution in [2.24, 2.45) is 10.2 Å². The van der Waals surface area contributed by atoms with Gasteiger partial charge in [0.05, 0.1) is 22.3 Å². The number of nitrogens with one attached hydrogen (secondary N) is 1. The number of rotatable bonds is 8. The molecule has 202 valence electrons. The molecule has 0 bridgehead atoms. The third kappa shape index (κ3) is 6.77. The second kappa shape index (κ2) is 13.3. The molecule has 0 unspecified atom stereocenters. The Balaban J connectivity index is 0.00000441. The maximum Gasteiger partial charge on any atom is 1.00 e. The summed E-state index contributed by atoms with van der Waals surface area (Å²) in [7, 11) is -4.77. The molecule has 0 heterocycles. The molecule has 2 N–H and O–H groups in total. The number of aryl methyl sites for hydroxylation is 1. The van der Waals surface area contributed by atoms with E-state index in [4.69, 9.17) is 27.9 Å². The van der Waals surface area contributed by atoms with E-state index in [1.165, 1.54) is 18.2 Å². The van der Waals surface area contributed by atoms with Crippen LogP contribution >= 0.6 is 23.2 Å². The van der Waals surface area contributed by atoms with Crippen LogP contribution in [0.5, 0.6) is 11.5 Å². The van der Waals surface area contributed by atoms with E-state index in [0.29, 0.717) is 45.8 Å². The van der Waals surface area contributed by atoms with Crippen LogP contribution in [0.15, 0.2) is 75.8 Å². The van der Waals surface area contributed by atoms with Gasteiger partial charge in [0.2, 0.25) is 0 Å². The van der Waals surface area contributed by atoms with E-state index in [1.54, 1.807) is 56.3 Å². The van der Waals surface area contributed by atoms with Crippen molar-refractivity contribution in [3.63, 3.8) is 0 Å². The Morgan fingerprint density at radius 1 is 1.00 bits per heavy atom. The molecule has 4 aromatic carbocycles. The summed E-state index contributed by atoms with van der Waals surface area (Å²) >= 11 is 12.2. The summed E-state index contributed by atoms with van der Waals surface area (Å²) in [6.45, 7) is 3.91. The van der Waals surface area contributed by atoms with Crippen LogP contribution in [0.4, 0.5) is 17.1 Å². The molecule has 0 spiro atoms. The van der Waals surface area contributed by atoms with Gasteiger partial charge in [0.25, 0.3) is 16.0 Å². The first kappa shape index (κ1) is 31.8. The Morgan fingerprint density at radius 2 is 1.68 bits per heavy atom. The zero-order valence-electron chi connectivity index (χ0n) is 21.7. The predicted molar refractivity (Wildman–Crippen MR) is 149 cm³/mol. The molecule has 4 rings (SSSR count). The quantitative estimate of drug-likeness (QED) is 0.175. The van der Waals surface area contributed by atoms with Crippen LogP contribution in [0, 0.1) is 0 Å². The van der Waals surface area contributed by atoms with Gasteiger partial charge in [-0.05, 0) is 48.6 Å². The van der Waals surface area contributed by atoms with Crippen LogP contribution in [0.1, 0.15) is 29.8 Å². The number of carbonyl (C=O) groups excluding carboxylic acids is 1. The molecule has 0 saturated carbocycles. The smallest absolute Gasteiger partial charge is 0.870 e. The van der Waals surface area contributed by atoms with Crippen molar-refractivity contribution in [1.82, 2.24) is 0 Å². The zero-order valence-corrected chi connectivity index (χ0v) is 26.1. The van der Waals surface area contributed by atoms with E-state index in [9.17, 15) is 22.9 Å². The number of fused-ring (bicyclic) bond motifs is 1. The number of carbonyl (C=O) groups is 1. The molecule has 40 heavy (non-hydrogen) atoms. The van der Waals surface area contributed by atoms with Gasteiger partial charge in [0.1, 0.15) is 16.3 Å². The molecule has 0 fully saturated rings. The van der Waals surface area contributed by atoms with Crippen LogP contribution in [-0.4, -0.2) is 25.5 Å². The van der Waals surface area contributed by atoms with Crippen LogP contribution in [0.3, 0.4) is 0 Å². The molecule has 0 radical (unpaired) electrons. The van der Waals surface area contributed by atoms with Gasteiger partial charge < -0.3 is 15.2 Å².